The van der Waals surface area contributed by atoms with Gasteiger partial charge in [0.15, 0.2) is 0 Å². The molecule has 24 heavy (non-hydrogen) atoms. The van der Waals surface area contributed by atoms with Crippen molar-refractivity contribution in [2.45, 2.75) is 13.3 Å². The first-order valence-corrected chi connectivity index (χ1v) is 8.93. The van der Waals surface area contributed by atoms with E-state index in [1.54, 1.807) is 35.6 Å². The monoisotopic (exact) mass is 356 g/mol. The first-order valence-electron chi connectivity index (χ1n) is 7.67. The summed E-state index contributed by atoms with van der Waals surface area (Å²) >= 11 is 7.48. The Morgan fingerprint density at radius 3 is 2.46 bits per heavy atom. The van der Waals surface area contributed by atoms with Gasteiger partial charge in [-0.05, 0) is 43.2 Å². The lowest BCUT2D eigenvalue weighted by Gasteiger charge is -2.06. The van der Waals surface area contributed by atoms with E-state index >= 15 is 0 Å². The molecule has 0 unspecified atom stereocenters. The van der Waals surface area contributed by atoms with Crippen LogP contribution in [0.4, 0.5) is 0 Å². The second-order valence-corrected chi connectivity index (χ2v) is 6.96. The van der Waals surface area contributed by atoms with E-state index in [1.165, 1.54) is 5.56 Å². The number of amides is 1. The lowest BCUT2D eigenvalue weighted by Crippen LogP contribution is -2.25. The van der Waals surface area contributed by atoms with E-state index in [0.717, 1.165) is 22.7 Å². The molecule has 0 fully saturated rings. The Hall–Kier alpha value is -2.17. The van der Waals surface area contributed by atoms with Crippen LogP contribution in [-0.2, 0) is 6.42 Å². The lowest BCUT2D eigenvalue weighted by molar-refractivity contribution is 0.0954. The van der Waals surface area contributed by atoms with Gasteiger partial charge in [0, 0.05) is 28.1 Å². The number of carbonyl (C=O) groups excluding carboxylic acids is 1. The molecule has 0 saturated heterocycles. The van der Waals surface area contributed by atoms with Gasteiger partial charge in [-0.15, -0.1) is 11.3 Å². The van der Waals surface area contributed by atoms with Gasteiger partial charge in [-0.2, -0.15) is 0 Å². The first kappa shape index (κ1) is 16.7. The average Bonchev–Trinajstić information content (AvgIpc) is 3.02. The van der Waals surface area contributed by atoms with Gasteiger partial charge in [-0.25, -0.2) is 4.98 Å². The third kappa shape index (κ3) is 4.22. The molecule has 122 valence electrons. The highest BCUT2D eigenvalue weighted by atomic mass is 35.5. The molecule has 3 aromatic rings. The maximum absolute atomic E-state index is 12.0. The van der Waals surface area contributed by atoms with Crippen molar-refractivity contribution in [2.75, 3.05) is 6.54 Å². The van der Waals surface area contributed by atoms with E-state index in [9.17, 15) is 4.79 Å². The van der Waals surface area contributed by atoms with Crippen LogP contribution in [-0.4, -0.2) is 17.4 Å². The molecular formula is C19H17ClN2OS. The van der Waals surface area contributed by atoms with Crippen LogP contribution < -0.4 is 5.32 Å². The molecule has 2 aromatic carbocycles. The third-order valence-corrected chi connectivity index (χ3v) is 4.70. The van der Waals surface area contributed by atoms with Crippen LogP contribution in [0.5, 0.6) is 0 Å². The summed E-state index contributed by atoms with van der Waals surface area (Å²) < 4.78 is 0. The molecule has 0 radical (unpaired) electrons. The maximum Gasteiger partial charge on any atom is 0.251 e. The minimum Gasteiger partial charge on any atom is -0.352 e. The molecular weight excluding hydrogens is 340 g/mol. The minimum absolute atomic E-state index is 0.0822. The van der Waals surface area contributed by atoms with E-state index in [-0.39, 0.29) is 5.91 Å². The molecule has 1 amide bonds. The molecule has 0 atom stereocenters. The Morgan fingerprint density at radius 2 is 1.83 bits per heavy atom. The van der Waals surface area contributed by atoms with Crippen molar-refractivity contribution in [2.24, 2.45) is 0 Å². The summed E-state index contributed by atoms with van der Waals surface area (Å²) in [5.74, 6) is -0.0822. The summed E-state index contributed by atoms with van der Waals surface area (Å²) in [5, 5.41) is 6.69. The number of benzene rings is 2. The average molecular weight is 357 g/mol. The number of aromatic nitrogens is 1. The van der Waals surface area contributed by atoms with E-state index in [1.807, 2.05) is 6.92 Å². The van der Waals surface area contributed by atoms with Gasteiger partial charge >= 0.3 is 0 Å². The SMILES string of the molecule is Cc1nc(-c2ccc(CCNC(=O)c3ccc(Cl)cc3)cc2)cs1. The minimum atomic E-state index is -0.0822. The van der Waals surface area contributed by atoms with Gasteiger partial charge in [0.2, 0.25) is 0 Å². The molecule has 5 heteroatoms. The molecule has 0 aliphatic rings. The molecule has 0 spiro atoms. The maximum atomic E-state index is 12.0. The highest BCUT2D eigenvalue weighted by molar-refractivity contribution is 7.09. The number of halogens is 1. The predicted octanol–water partition coefficient (Wildman–Crippen LogP) is 4.74. The number of hydrogen-bond donors (Lipinski definition) is 1. The predicted molar refractivity (Wildman–Crippen MR) is 99.8 cm³/mol. The molecule has 3 nitrogen and oxygen atoms in total. The van der Waals surface area contributed by atoms with Gasteiger partial charge in [0.05, 0.1) is 10.7 Å². The van der Waals surface area contributed by atoms with Crippen LogP contribution in [0.1, 0.15) is 20.9 Å². The second kappa shape index (κ2) is 7.60. The van der Waals surface area contributed by atoms with Crippen LogP contribution in [0.3, 0.4) is 0 Å². The van der Waals surface area contributed by atoms with Gasteiger partial charge in [-0.3, -0.25) is 4.79 Å². The molecule has 0 aliphatic carbocycles. The van der Waals surface area contributed by atoms with Gasteiger partial charge in [-0.1, -0.05) is 35.9 Å². The Labute approximate surface area is 150 Å². The van der Waals surface area contributed by atoms with E-state index in [0.29, 0.717) is 17.1 Å². The van der Waals surface area contributed by atoms with Crippen molar-refractivity contribution in [3.05, 3.63) is 75.1 Å². The fourth-order valence-corrected chi connectivity index (χ4v) is 3.11. The Morgan fingerprint density at radius 1 is 1.12 bits per heavy atom. The van der Waals surface area contributed by atoms with Crippen molar-refractivity contribution < 1.29 is 4.79 Å². The smallest absolute Gasteiger partial charge is 0.251 e. The van der Waals surface area contributed by atoms with Gasteiger partial charge < -0.3 is 5.32 Å². The van der Waals surface area contributed by atoms with Crippen molar-refractivity contribution >= 4 is 28.8 Å². The number of thiazole rings is 1. The zero-order valence-electron chi connectivity index (χ0n) is 13.3. The summed E-state index contributed by atoms with van der Waals surface area (Å²) in [6.07, 6.45) is 0.787. The van der Waals surface area contributed by atoms with Crippen molar-refractivity contribution in [1.29, 1.82) is 0 Å². The fraction of sp³-hybridized carbons (Fsp3) is 0.158. The molecule has 3 rings (SSSR count). The zero-order valence-corrected chi connectivity index (χ0v) is 14.8. The summed E-state index contributed by atoms with van der Waals surface area (Å²) in [6.45, 7) is 2.60. The highest BCUT2D eigenvalue weighted by Crippen LogP contribution is 2.21. The Kier molecular flexibility index (Phi) is 5.28. The molecule has 0 aliphatic heterocycles. The van der Waals surface area contributed by atoms with Crippen molar-refractivity contribution in [3.63, 3.8) is 0 Å². The van der Waals surface area contributed by atoms with Crippen LogP contribution >= 0.6 is 22.9 Å². The second-order valence-electron chi connectivity index (χ2n) is 5.46. The molecule has 0 saturated carbocycles. The highest BCUT2D eigenvalue weighted by Gasteiger charge is 2.05. The number of nitrogens with zero attached hydrogens (tertiary/aromatic N) is 1. The fourth-order valence-electron chi connectivity index (χ4n) is 2.36. The molecule has 1 heterocycles. The van der Waals surface area contributed by atoms with Gasteiger partial charge in [0.1, 0.15) is 0 Å². The number of nitrogens with one attached hydrogen (secondary N) is 1. The van der Waals surface area contributed by atoms with E-state index in [4.69, 9.17) is 11.6 Å². The topological polar surface area (TPSA) is 42.0 Å². The molecule has 0 bridgehead atoms. The summed E-state index contributed by atoms with van der Waals surface area (Å²) in [4.78, 5) is 16.5. The lowest BCUT2D eigenvalue weighted by atomic mass is 10.1. The summed E-state index contributed by atoms with van der Waals surface area (Å²) in [7, 11) is 0. The Bertz CT molecular complexity index is 825. The van der Waals surface area contributed by atoms with E-state index in [2.05, 4.69) is 39.9 Å². The van der Waals surface area contributed by atoms with E-state index < -0.39 is 0 Å². The van der Waals surface area contributed by atoms with Crippen LogP contribution in [0.2, 0.25) is 5.02 Å². The number of aryl methyl sites for hydroxylation is 1. The van der Waals surface area contributed by atoms with Crippen LogP contribution in [0.25, 0.3) is 11.3 Å². The normalized spacial score (nSPS) is 10.6. The van der Waals surface area contributed by atoms with Crippen LogP contribution in [0, 0.1) is 6.92 Å². The molecule has 1 N–H and O–H groups in total. The zero-order chi connectivity index (χ0) is 16.9. The molecule has 1 aromatic heterocycles. The quantitative estimate of drug-likeness (QED) is 0.717. The number of hydrogen-bond acceptors (Lipinski definition) is 3. The largest absolute Gasteiger partial charge is 0.352 e. The first-order chi connectivity index (χ1) is 11.6. The standard InChI is InChI=1S/C19H17ClN2OS/c1-13-22-18(12-24-13)15-4-2-14(3-5-15)10-11-21-19(23)16-6-8-17(20)9-7-16/h2-9,12H,10-11H2,1H3,(H,21,23). The van der Waals surface area contributed by atoms with Crippen molar-refractivity contribution in [3.8, 4) is 11.3 Å². The summed E-state index contributed by atoms with van der Waals surface area (Å²) in [6, 6.07) is 15.2. The third-order valence-electron chi connectivity index (χ3n) is 3.67. The van der Waals surface area contributed by atoms with Crippen LogP contribution in [0.15, 0.2) is 53.9 Å². The number of rotatable bonds is 5. The van der Waals surface area contributed by atoms with Crippen molar-refractivity contribution in [1.82, 2.24) is 10.3 Å². The van der Waals surface area contributed by atoms with Gasteiger partial charge in [0.25, 0.3) is 5.91 Å². The number of carbonyl (C=O) groups is 1. The Balaban J connectivity index is 1.53. The summed E-state index contributed by atoms with van der Waals surface area (Å²) in [5.41, 5.74) is 3.93.